The molecule has 1 aromatic heterocycles. The third-order valence-corrected chi connectivity index (χ3v) is 4.00. The van der Waals surface area contributed by atoms with Crippen molar-refractivity contribution in [1.82, 2.24) is 9.97 Å². The van der Waals surface area contributed by atoms with Gasteiger partial charge in [-0.1, -0.05) is 28.1 Å². The summed E-state index contributed by atoms with van der Waals surface area (Å²) in [5.41, 5.74) is 4.54. The third-order valence-electron chi connectivity index (χ3n) is 3.47. The first kappa shape index (κ1) is 14.1. The third kappa shape index (κ3) is 3.45. The molecule has 3 nitrogen and oxygen atoms in total. The van der Waals surface area contributed by atoms with Crippen LogP contribution < -0.4 is 5.32 Å². The molecule has 2 aromatic carbocycles. The lowest BCUT2D eigenvalue weighted by atomic mass is 10.1. The van der Waals surface area contributed by atoms with Gasteiger partial charge >= 0.3 is 0 Å². The van der Waals surface area contributed by atoms with Gasteiger partial charge in [0.25, 0.3) is 0 Å². The van der Waals surface area contributed by atoms with Gasteiger partial charge in [-0.2, -0.15) is 0 Å². The van der Waals surface area contributed by atoms with Gasteiger partial charge in [0.15, 0.2) is 0 Å². The van der Waals surface area contributed by atoms with Gasteiger partial charge in [-0.05, 0) is 56.2 Å². The fourth-order valence-electron chi connectivity index (χ4n) is 2.54. The van der Waals surface area contributed by atoms with Crippen molar-refractivity contribution in [2.45, 2.75) is 26.3 Å². The molecule has 3 rings (SSSR count). The highest BCUT2D eigenvalue weighted by Gasteiger charge is 2.06. The molecule has 0 aliphatic rings. The number of anilines is 1. The van der Waals surface area contributed by atoms with Gasteiger partial charge in [-0.15, -0.1) is 0 Å². The second-order valence-electron chi connectivity index (χ2n) is 5.43. The minimum atomic E-state index is 0.368. The Bertz CT molecular complexity index is 746. The van der Waals surface area contributed by atoms with Crippen molar-refractivity contribution in [3.63, 3.8) is 0 Å². The van der Waals surface area contributed by atoms with Gasteiger partial charge in [-0.25, -0.2) is 4.98 Å². The Balaban J connectivity index is 1.70. The zero-order chi connectivity index (χ0) is 14.8. The summed E-state index contributed by atoms with van der Waals surface area (Å²) in [5.74, 6) is 0.949. The molecule has 0 aliphatic heterocycles. The predicted octanol–water partition coefficient (Wildman–Crippen LogP) is 4.68. The molecular formula is C17H18BrN3. The second-order valence-corrected chi connectivity index (χ2v) is 6.35. The van der Waals surface area contributed by atoms with E-state index in [-0.39, 0.29) is 0 Å². The Morgan fingerprint density at radius 2 is 1.95 bits per heavy atom. The summed E-state index contributed by atoms with van der Waals surface area (Å²) in [4.78, 5) is 7.69. The number of benzene rings is 2. The summed E-state index contributed by atoms with van der Waals surface area (Å²) in [6, 6.07) is 15.1. The average molecular weight is 344 g/mol. The molecule has 108 valence electrons. The van der Waals surface area contributed by atoms with E-state index in [0.717, 1.165) is 33.4 Å². The van der Waals surface area contributed by atoms with Crippen molar-refractivity contribution in [2.24, 2.45) is 0 Å². The number of rotatable bonds is 4. The number of aromatic amines is 1. The molecule has 1 unspecified atom stereocenters. The highest BCUT2D eigenvalue weighted by Crippen LogP contribution is 2.19. The number of imidazole rings is 1. The Hall–Kier alpha value is -1.81. The quantitative estimate of drug-likeness (QED) is 0.722. The molecule has 0 saturated heterocycles. The normalized spacial score (nSPS) is 12.5. The Kier molecular flexibility index (Phi) is 3.97. The van der Waals surface area contributed by atoms with Crippen LogP contribution >= 0.6 is 15.9 Å². The first-order chi connectivity index (χ1) is 10.1. The zero-order valence-corrected chi connectivity index (χ0v) is 13.7. The van der Waals surface area contributed by atoms with E-state index < -0.39 is 0 Å². The molecule has 0 amide bonds. The molecule has 0 bridgehead atoms. The van der Waals surface area contributed by atoms with E-state index in [9.17, 15) is 0 Å². The van der Waals surface area contributed by atoms with Crippen LogP contribution in [0.4, 0.5) is 5.69 Å². The maximum absolute atomic E-state index is 4.42. The molecule has 0 saturated carbocycles. The molecule has 0 spiro atoms. The molecule has 1 atom stereocenters. The van der Waals surface area contributed by atoms with Crippen LogP contribution in [0.25, 0.3) is 11.0 Å². The van der Waals surface area contributed by atoms with E-state index in [1.165, 1.54) is 5.56 Å². The summed E-state index contributed by atoms with van der Waals surface area (Å²) in [6.07, 6.45) is 0.993. The molecule has 1 heterocycles. The summed E-state index contributed by atoms with van der Waals surface area (Å²) >= 11 is 3.47. The first-order valence-corrected chi connectivity index (χ1v) is 7.87. The Morgan fingerprint density at radius 3 is 2.71 bits per heavy atom. The first-order valence-electron chi connectivity index (χ1n) is 7.07. The van der Waals surface area contributed by atoms with Crippen molar-refractivity contribution >= 4 is 32.7 Å². The minimum Gasteiger partial charge on any atom is -0.382 e. The molecular weight excluding hydrogens is 326 g/mol. The topological polar surface area (TPSA) is 40.7 Å². The monoisotopic (exact) mass is 343 g/mol. The van der Waals surface area contributed by atoms with Crippen molar-refractivity contribution in [3.8, 4) is 0 Å². The molecule has 2 N–H and O–H groups in total. The molecule has 0 aliphatic carbocycles. The highest BCUT2D eigenvalue weighted by atomic mass is 79.9. The van der Waals surface area contributed by atoms with Crippen LogP contribution in [-0.4, -0.2) is 16.0 Å². The Morgan fingerprint density at radius 1 is 1.19 bits per heavy atom. The minimum absolute atomic E-state index is 0.368. The van der Waals surface area contributed by atoms with E-state index in [1.807, 2.05) is 13.0 Å². The van der Waals surface area contributed by atoms with E-state index in [0.29, 0.717) is 6.04 Å². The molecule has 0 radical (unpaired) electrons. The van der Waals surface area contributed by atoms with Crippen molar-refractivity contribution in [1.29, 1.82) is 0 Å². The van der Waals surface area contributed by atoms with Gasteiger partial charge in [0.2, 0.25) is 0 Å². The fourth-order valence-corrected chi connectivity index (χ4v) is 2.80. The van der Waals surface area contributed by atoms with Crippen molar-refractivity contribution in [3.05, 3.63) is 58.3 Å². The predicted molar refractivity (Wildman–Crippen MR) is 91.8 cm³/mol. The molecule has 3 aromatic rings. The smallest absolute Gasteiger partial charge is 0.104 e. The van der Waals surface area contributed by atoms with Crippen molar-refractivity contribution in [2.75, 3.05) is 5.32 Å². The number of halogens is 1. The molecule has 0 fully saturated rings. The highest BCUT2D eigenvalue weighted by molar-refractivity contribution is 9.10. The van der Waals surface area contributed by atoms with E-state index in [2.05, 4.69) is 74.5 Å². The molecule has 21 heavy (non-hydrogen) atoms. The van der Waals surface area contributed by atoms with E-state index >= 15 is 0 Å². The lowest BCUT2D eigenvalue weighted by Gasteiger charge is -2.15. The maximum Gasteiger partial charge on any atom is 0.104 e. The van der Waals surface area contributed by atoms with Crippen LogP contribution in [0.1, 0.15) is 18.3 Å². The SMILES string of the molecule is Cc1nc2ccc(NC(C)Cc3ccc(Br)cc3)cc2[nH]1. The van der Waals surface area contributed by atoms with E-state index in [1.54, 1.807) is 0 Å². The molecule has 4 heteroatoms. The van der Waals surface area contributed by atoms with Crippen LogP contribution in [0.5, 0.6) is 0 Å². The fraction of sp³-hybridized carbons (Fsp3) is 0.235. The number of aryl methyl sites for hydroxylation is 1. The van der Waals surface area contributed by atoms with Gasteiger partial charge in [0, 0.05) is 16.2 Å². The van der Waals surface area contributed by atoms with Crippen LogP contribution in [0.15, 0.2) is 46.9 Å². The summed E-state index contributed by atoms with van der Waals surface area (Å²) in [7, 11) is 0. The average Bonchev–Trinajstić information content (AvgIpc) is 2.80. The van der Waals surface area contributed by atoms with Gasteiger partial charge in [0.05, 0.1) is 11.0 Å². The number of hydrogen-bond donors (Lipinski definition) is 2. The maximum atomic E-state index is 4.42. The summed E-state index contributed by atoms with van der Waals surface area (Å²) < 4.78 is 1.12. The van der Waals surface area contributed by atoms with Crippen LogP contribution in [0.3, 0.4) is 0 Å². The van der Waals surface area contributed by atoms with Gasteiger partial charge in [-0.3, -0.25) is 0 Å². The Labute approximate surface area is 132 Å². The van der Waals surface area contributed by atoms with Crippen LogP contribution in [0, 0.1) is 6.92 Å². The van der Waals surface area contributed by atoms with Gasteiger partial charge < -0.3 is 10.3 Å². The summed E-state index contributed by atoms with van der Waals surface area (Å²) in [5, 5.41) is 3.55. The zero-order valence-electron chi connectivity index (χ0n) is 12.2. The number of nitrogens with one attached hydrogen (secondary N) is 2. The number of hydrogen-bond acceptors (Lipinski definition) is 2. The van der Waals surface area contributed by atoms with Crippen molar-refractivity contribution < 1.29 is 0 Å². The lowest BCUT2D eigenvalue weighted by molar-refractivity contribution is 0.790. The number of aromatic nitrogens is 2. The second kappa shape index (κ2) is 5.90. The number of fused-ring (bicyclic) bond motifs is 1. The number of nitrogens with zero attached hydrogens (tertiary/aromatic N) is 1. The number of H-pyrrole nitrogens is 1. The largest absolute Gasteiger partial charge is 0.382 e. The van der Waals surface area contributed by atoms with Crippen LogP contribution in [0.2, 0.25) is 0 Å². The lowest BCUT2D eigenvalue weighted by Crippen LogP contribution is -2.17. The summed E-state index contributed by atoms with van der Waals surface area (Å²) in [6.45, 7) is 4.17. The van der Waals surface area contributed by atoms with E-state index in [4.69, 9.17) is 0 Å². The van der Waals surface area contributed by atoms with Gasteiger partial charge in [0.1, 0.15) is 5.82 Å². The van der Waals surface area contributed by atoms with Crippen LogP contribution in [-0.2, 0) is 6.42 Å². The standard InChI is InChI=1S/C17H18BrN3/c1-11(9-13-3-5-14(18)6-4-13)19-15-7-8-16-17(10-15)21-12(2)20-16/h3-8,10-11,19H,9H2,1-2H3,(H,20,21).